The molecule has 3 aliphatic rings. The summed E-state index contributed by atoms with van der Waals surface area (Å²) in [6, 6.07) is 0.590. The van der Waals surface area contributed by atoms with E-state index in [1.54, 1.807) is 6.92 Å². The van der Waals surface area contributed by atoms with Crippen LogP contribution in [0.1, 0.15) is 64.7 Å². The van der Waals surface area contributed by atoms with E-state index < -0.39 is 0 Å². The lowest BCUT2D eigenvalue weighted by atomic mass is 10.0. The average molecular weight is 365 g/mol. The van der Waals surface area contributed by atoms with Gasteiger partial charge in [0.25, 0.3) is 0 Å². The molecule has 0 spiro atoms. The lowest BCUT2D eigenvalue weighted by molar-refractivity contribution is -0.132. The van der Waals surface area contributed by atoms with Gasteiger partial charge in [0.15, 0.2) is 0 Å². The van der Waals surface area contributed by atoms with Crippen LogP contribution in [-0.4, -0.2) is 78.0 Å². The maximum absolute atomic E-state index is 12.6. The molecule has 3 fully saturated rings. The number of nitrogens with one attached hydrogen (secondary N) is 1. The highest BCUT2D eigenvalue weighted by atomic mass is 16.2. The van der Waals surface area contributed by atoms with Crippen LogP contribution in [0.2, 0.25) is 0 Å². The molecule has 0 aromatic carbocycles. The third kappa shape index (κ3) is 5.35. The van der Waals surface area contributed by atoms with Crippen molar-refractivity contribution in [1.29, 1.82) is 0 Å². The summed E-state index contributed by atoms with van der Waals surface area (Å²) in [6.45, 7) is 7.24. The van der Waals surface area contributed by atoms with Gasteiger partial charge in [0.2, 0.25) is 5.91 Å². The molecule has 1 saturated carbocycles. The first kappa shape index (κ1) is 19.5. The lowest BCUT2D eigenvalue weighted by Gasteiger charge is -2.40. The van der Waals surface area contributed by atoms with E-state index >= 15 is 0 Å². The Morgan fingerprint density at radius 3 is 2.38 bits per heavy atom. The summed E-state index contributed by atoms with van der Waals surface area (Å²) in [4.78, 5) is 31.3. The molecule has 6 nitrogen and oxygen atoms in total. The van der Waals surface area contributed by atoms with Crippen molar-refractivity contribution in [2.75, 3.05) is 39.3 Å². The van der Waals surface area contributed by atoms with Crippen molar-refractivity contribution in [2.45, 2.75) is 76.8 Å². The van der Waals surface area contributed by atoms with E-state index in [4.69, 9.17) is 0 Å². The van der Waals surface area contributed by atoms with E-state index in [0.29, 0.717) is 12.6 Å². The normalized spacial score (nSPS) is 25.3. The predicted molar refractivity (Wildman–Crippen MR) is 103 cm³/mol. The second-order valence-electron chi connectivity index (χ2n) is 8.29. The van der Waals surface area contributed by atoms with Gasteiger partial charge in [0, 0.05) is 45.2 Å². The monoisotopic (exact) mass is 364 g/mol. The smallest absolute Gasteiger partial charge is 0.317 e. The first-order valence-corrected chi connectivity index (χ1v) is 10.7. The second kappa shape index (κ2) is 9.58. The van der Waals surface area contributed by atoms with Crippen LogP contribution in [0, 0.1) is 0 Å². The molecule has 2 saturated heterocycles. The Balaban J connectivity index is 1.50. The van der Waals surface area contributed by atoms with E-state index in [2.05, 4.69) is 10.2 Å². The number of hydrogen-bond acceptors (Lipinski definition) is 3. The minimum absolute atomic E-state index is 0.0705. The van der Waals surface area contributed by atoms with Crippen molar-refractivity contribution < 1.29 is 9.59 Å². The molecule has 1 unspecified atom stereocenters. The standard InChI is InChI=1S/C20H36N4O2/c1-17(25)24(15-14-22-11-5-2-6-12-22)19-10-7-13-23(16-19)20(26)21-18-8-3-4-9-18/h18-19H,2-16H2,1H3,(H,21,26). The van der Waals surface area contributed by atoms with Crippen molar-refractivity contribution in [3.8, 4) is 0 Å². The van der Waals surface area contributed by atoms with Crippen LogP contribution in [0.3, 0.4) is 0 Å². The molecule has 0 radical (unpaired) electrons. The number of likely N-dealkylation sites (tertiary alicyclic amines) is 2. The molecule has 2 heterocycles. The number of carbonyl (C=O) groups is 2. The van der Waals surface area contributed by atoms with Gasteiger partial charge in [-0.1, -0.05) is 19.3 Å². The third-order valence-corrected chi connectivity index (χ3v) is 6.32. The fraction of sp³-hybridized carbons (Fsp3) is 0.900. The molecular formula is C20H36N4O2. The summed E-state index contributed by atoms with van der Waals surface area (Å²) in [5, 5.41) is 3.20. The van der Waals surface area contributed by atoms with Crippen molar-refractivity contribution in [3.05, 3.63) is 0 Å². The molecule has 1 N–H and O–H groups in total. The Hall–Kier alpha value is -1.30. The molecule has 3 rings (SSSR count). The maximum atomic E-state index is 12.6. The van der Waals surface area contributed by atoms with Gasteiger partial charge in [0.1, 0.15) is 0 Å². The minimum Gasteiger partial charge on any atom is -0.337 e. The molecule has 1 atom stereocenters. The molecule has 6 heteroatoms. The largest absolute Gasteiger partial charge is 0.337 e. The van der Waals surface area contributed by atoms with E-state index in [0.717, 1.165) is 58.4 Å². The average Bonchev–Trinajstić information content (AvgIpc) is 3.16. The summed E-state index contributed by atoms with van der Waals surface area (Å²) in [6.07, 6.45) is 10.5. The van der Waals surface area contributed by atoms with E-state index in [9.17, 15) is 9.59 Å². The van der Waals surface area contributed by atoms with E-state index in [1.807, 2.05) is 9.80 Å². The van der Waals surface area contributed by atoms with Gasteiger partial charge in [-0.2, -0.15) is 0 Å². The van der Waals surface area contributed by atoms with Crippen LogP contribution in [0.4, 0.5) is 4.79 Å². The van der Waals surface area contributed by atoms with Gasteiger partial charge in [-0.05, 0) is 51.6 Å². The summed E-state index contributed by atoms with van der Waals surface area (Å²) < 4.78 is 0. The van der Waals surface area contributed by atoms with Crippen molar-refractivity contribution in [3.63, 3.8) is 0 Å². The Kier molecular flexibility index (Phi) is 7.17. The number of hydrogen-bond donors (Lipinski definition) is 1. The maximum Gasteiger partial charge on any atom is 0.317 e. The van der Waals surface area contributed by atoms with E-state index in [-0.39, 0.29) is 18.0 Å². The Labute approximate surface area is 158 Å². The van der Waals surface area contributed by atoms with Crippen LogP contribution < -0.4 is 5.32 Å². The molecule has 26 heavy (non-hydrogen) atoms. The van der Waals surface area contributed by atoms with Gasteiger partial charge in [-0.25, -0.2) is 4.79 Å². The minimum atomic E-state index is 0.0705. The molecular weight excluding hydrogens is 328 g/mol. The van der Waals surface area contributed by atoms with Gasteiger partial charge in [-0.15, -0.1) is 0 Å². The zero-order chi connectivity index (χ0) is 18.4. The fourth-order valence-corrected chi connectivity index (χ4v) is 4.76. The van der Waals surface area contributed by atoms with E-state index in [1.165, 1.54) is 32.1 Å². The topological polar surface area (TPSA) is 55.9 Å². The van der Waals surface area contributed by atoms with Crippen LogP contribution in [-0.2, 0) is 4.79 Å². The molecule has 1 aliphatic carbocycles. The summed E-state index contributed by atoms with van der Waals surface area (Å²) in [5.41, 5.74) is 0. The third-order valence-electron chi connectivity index (χ3n) is 6.32. The molecule has 0 aromatic heterocycles. The molecule has 148 valence electrons. The van der Waals surface area contributed by atoms with Gasteiger partial charge in [0.05, 0.1) is 0 Å². The van der Waals surface area contributed by atoms with Crippen molar-refractivity contribution in [2.24, 2.45) is 0 Å². The molecule has 0 bridgehead atoms. The zero-order valence-electron chi connectivity index (χ0n) is 16.4. The summed E-state index contributed by atoms with van der Waals surface area (Å²) in [5.74, 6) is 0.144. The quantitative estimate of drug-likeness (QED) is 0.815. The highest BCUT2D eigenvalue weighted by molar-refractivity contribution is 5.76. The number of piperidine rings is 2. The Bertz CT molecular complexity index is 472. The molecule has 2 aliphatic heterocycles. The number of nitrogens with zero attached hydrogens (tertiary/aromatic N) is 3. The molecule has 3 amide bonds. The summed E-state index contributed by atoms with van der Waals surface area (Å²) >= 11 is 0. The van der Waals surface area contributed by atoms with Crippen LogP contribution >= 0.6 is 0 Å². The highest BCUT2D eigenvalue weighted by Crippen LogP contribution is 2.20. The number of carbonyl (C=O) groups excluding carboxylic acids is 2. The number of urea groups is 1. The van der Waals surface area contributed by atoms with Crippen LogP contribution in [0.15, 0.2) is 0 Å². The predicted octanol–water partition coefficient (Wildman–Crippen LogP) is 2.44. The van der Waals surface area contributed by atoms with Crippen LogP contribution in [0.25, 0.3) is 0 Å². The number of amides is 3. The van der Waals surface area contributed by atoms with Crippen molar-refractivity contribution >= 4 is 11.9 Å². The first-order chi connectivity index (χ1) is 12.6. The Morgan fingerprint density at radius 1 is 0.962 bits per heavy atom. The summed E-state index contributed by atoms with van der Waals surface area (Å²) in [7, 11) is 0. The highest BCUT2D eigenvalue weighted by Gasteiger charge is 2.30. The molecule has 0 aromatic rings. The van der Waals surface area contributed by atoms with Crippen molar-refractivity contribution in [1.82, 2.24) is 20.0 Å². The van der Waals surface area contributed by atoms with Gasteiger partial charge < -0.3 is 20.0 Å². The lowest BCUT2D eigenvalue weighted by Crippen LogP contribution is -2.55. The first-order valence-electron chi connectivity index (χ1n) is 10.7. The zero-order valence-corrected chi connectivity index (χ0v) is 16.4. The van der Waals surface area contributed by atoms with Gasteiger partial charge in [-0.3, -0.25) is 4.79 Å². The SMILES string of the molecule is CC(=O)N(CCN1CCCCC1)C1CCCN(C(=O)NC2CCCC2)C1. The Morgan fingerprint density at radius 2 is 1.69 bits per heavy atom. The van der Waals surface area contributed by atoms with Crippen LogP contribution in [0.5, 0.6) is 0 Å². The second-order valence-corrected chi connectivity index (χ2v) is 8.29. The van der Waals surface area contributed by atoms with Gasteiger partial charge >= 0.3 is 6.03 Å². The number of rotatable bonds is 5. The fourth-order valence-electron chi connectivity index (χ4n) is 4.76.